The first-order valence-corrected chi connectivity index (χ1v) is 10.4. The Labute approximate surface area is 198 Å². The summed E-state index contributed by atoms with van der Waals surface area (Å²) in [4.78, 5) is 33.9. The molecule has 10 nitrogen and oxygen atoms in total. The second-order valence-corrected chi connectivity index (χ2v) is 7.18. The van der Waals surface area contributed by atoms with E-state index in [0.717, 1.165) is 5.56 Å². The summed E-state index contributed by atoms with van der Waals surface area (Å²) in [5.41, 5.74) is 1.69. The summed E-state index contributed by atoms with van der Waals surface area (Å²) in [6.07, 6.45) is 0. The van der Waals surface area contributed by atoms with E-state index >= 15 is 0 Å². The van der Waals surface area contributed by atoms with Crippen LogP contribution in [0.3, 0.4) is 0 Å². The number of nitrogens with zero attached hydrogens (tertiary/aromatic N) is 4. The van der Waals surface area contributed by atoms with E-state index in [-0.39, 0.29) is 34.7 Å². The molecule has 1 heterocycles. The molecule has 0 amide bonds. The fraction of sp³-hybridized carbons (Fsp3) is 0.238. The molecule has 3 rings (SSSR count). The lowest BCUT2D eigenvalue weighted by Crippen LogP contribution is -2.12. The molecule has 0 saturated carbocycles. The van der Waals surface area contributed by atoms with Gasteiger partial charge in [0.1, 0.15) is 6.61 Å². The molecule has 0 atom stereocenters. The van der Waals surface area contributed by atoms with Crippen molar-refractivity contribution < 1.29 is 23.9 Å². The minimum Gasteiger partial charge on any atom is -0.461 e. The molecule has 0 bridgehead atoms. The highest BCUT2D eigenvalue weighted by Crippen LogP contribution is 2.16. The van der Waals surface area contributed by atoms with Gasteiger partial charge in [-0.1, -0.05) is 24.3 Å². The largest absolute Gasteiger partial charge is 0.461 e. The van der Waals surface area contributed by atoms with Gasteiger partial charge < -0.3 is 14.2 Å². The molecular formula is C21H18Cl2N4O6. The van der Waals surface area contributed by atoms with Crippen LogP contribution in [-0.4, -0.2) is 52.1 Å². The lowest BCUT2D eigenvalue weighted by molar-refractivity contribution is -0.384. The van der Waals surface area contributed by atoms with Crippen LogP contribution in [-0.2, 0) is 16.1 Å². The van der Waals surface area contributed by atoms with Crippen LogP contribution in [0.4, 0.5) is 5.69 Å². The SMILES string of the molecule is O=C(c1ccc(COCCOCCOc2nc(Cl)nc(Cl)n2)cc1)c1ccc([N+](=O)[O-])cc1. The van der Waals surface area contributed by atoms with Crippen molar-refractivity contribution in [1.29, 1.82) is 0 Å². The maximum Gasteiger partial charge on any atom is 0.322 e. The van der Waals surface area contributed by atoms with Gasteiger partial charge in [-0.25, -0.2) is 0 Å². The summed E-state index contributed by atoms with van der Waals surface area (Å²) in [6.45, 7) is 1.59. The third-order valence-corrected chi connectivity index (χ3v) is 4.55. The van der Waals surface area contributed by atoms with Gasteiger partial charge in [-0.2, -0.15) is 15.0 Å². The lowest BCUT2D eigenvalue weighted by atomic mass is 10.0. The Morgan fingerprint density at radius 1 is 0.818 bits per heavy atom. The van der Waals surface area contributed by atoms with Crippen molar-refractivity contribution in [2.45, 2.75) is 6.61 Å². The number of hydrogen-bond acceptors (Lipinski definition) is 9. The first-order valence-electron chi connectivity index (χ1n) is 9.66. The van der Waals surface area contributed by atoms with Crippen molar-refractivity contribution in [2.24, 2.45) is 0 Å². The molecule has 0 spiro atoms. The smallest absolute Gasteiger partial charge is 0.322 e. The fourth-order valence-corrected chi connectivity index (χ4v) is 2.98. The Balaban J connectivity index is 1.33. The number of hydrogen-bond donors (Lipinski definition) is 0. The average molecular weight is 493 g/mol. The monoisotopic (exact) mass is 492 g/mol. The van der Waals surface area contributed by atoms with Gasteiger partial charge in [-0.3, -0.25) is 14.9 Å². The molecule has 1 aromatic heterocycles. The Morgan fingerprint density at radius 3 is 1.97 bits per heavy atom. The number of carbonyl (C=O) groups is 1. The molecule has 0 fully saturated rings. The Bertz CT molecular complexity index is 1080. The molecule has 0 radical (unpaired) electrons. The number of aromatic nitrogens is 3. The minimum atomic E-state index is -0.508. The van der Waals surface area contributed by atoms with Gasteiger partial charge in [-0.05, 0) is 40.9 Å². The zero-order chi connectivity index (χ0) is 23.6. The number of carbonyl (C=O) groups excluding carboxylic acids is 1. The number of ketones is 1. The highest BCUT2D eigenvalue weighted by atomic mass is 35.5. The molecule has 0 aliphatic rings. The van der Waals surface area contributed by atoms with Gasteiger partial charge in [0.25, 0.3) is 5.69 Å². The molecule has 0 saturated heterocycles. The minimum absolute atomic E-state index is 0.0235. The van der Waals surface area contributed by atoms with Crippen molar-refractivity contribution in [3.63, 3.8) is 0 Å². The van der Waals surface area contributed by atoms with Crippen molar-refractivity contribution in [3.8, 4) is 6.01 Å². The lowest BCUT2D eigenvalue weighted by Gasteiger charge is -2.08. The van der Waals surface area contributed by atoms with E-state index < -0.39 is 4.92 Å². The number of ether oxygens (including phenoxy) is 3. The second-order valence-electron chi connectivity index (χ2n) is 6.50. The quantitative estimate of drug-likeness (QED) is 0.160. The van der Waals surface area contributed by atoms with Crippen LogP contribution in [0.1, 0.15) is 21.5 Å². The normalized spacial score (nSPS) is 10.7. The molecule has 0 N–H and O–H groups in total. The van der Waals surface area contributed by atoms with Crippen molar-refractivity contribution in [3.05, 3.63) is 85.9 Å². The van der Waals surface area contributed by atoms with Crippen LogP contribution < -0.4 is 4.74 Å². The summed E-state index contributed by atoms with van der Waals surface area (Å²) in [5.74, 6) is -0.213. The van der Waals surface area contributed by atoms with Gasteiger partial charge in [0.05, 0.1) is 31.4 Å². The van der Waals surface area contributed by atoms with E-state index in [1.54, 1.807) is 24.3 Å². The summed E-state index contributed by atoms with van der Waals surface area (Å²) < 4.78 is 16.2. The summed E-state index contributed by atoms with van der Waals surface area (Å²) in [6, 6.07) is 12.5. The third kappa shape index (κ3) is 7.72. The Hall–Kier alpha value is -3.18. The van der Waals surface area contributed by atoms with E-state index in [1.165, 1.54) is 24.3 Å². The van der Waals surface area contributed by atoms with Gasteiger partial charge in [0.2, 0.25) is 10.6 Å². The second kappa shape index (κ2) is 12.2. The Morgan fingerprint density at radius 2 is 1.36 bits per heavy atom. The van der Waals surface area contributed by atoms with E-state index in [0.29, 0.717) is 37.6 Å². The molecule has 12 heteroatoms. The zero-order valence-corrected chi connectivity index (χ0v) is 18.7. The topological polar surface area (TPSA) is 127 Å². The number of non-ortho nitro benzene ring substituents is 1. The predicted octanol–water partition coefficient (Wildman–Crippen LogP) is 3.93. The molecule has 0 aliphatic carbocycles. The van der Waals surface area contributed by atoms with Gasteiger partial charge in [0, 0.05) is 23.3 Å². The maximum atomic E-state index is 12.5. The van der Waals surface area contributed by atoms with E-state index in [4.69, 9.17) is 37.4 Å². The number of rotatable bonds is 12. The predicted molar refractivity (Wildman–Crippen MR) is 119 cm³/mol. The molecule has 2 aromatic carbocycles. The number of benzene rings is 2. The molecular weight excluding hydrogens is 475 g/mol. The number of nitro groups is 1. The van der Waals surface area contributed by atoms with Crippen LogP contribution in [0.25, 0.3) is 0 Å². The van der Waals surface area contributed by atoms with E-state index in [2.05, 4.69) is 15.0 Å². The average Bonchev–Trinajstić information content (AvgIpc) is 2.80. The van der Waals surface area contributed by atoms with E-state index in [9.17, 15) is 14.9 Å². The molecule has 3 aromatic rings. The maximum absolute atomic E-state index is 12.5. The van der Waals surface area contributed by atoms with Crippen molar-refractivity contribution in [2.75, 3.05) is 26.4 Å². The van der Waals surface area contributed by atoms with E-state index in [1.807, 2.05) is 0 Å². The zero-order valence-electron chi connectivity index (χ0n) is 17.1. The summed E-state index contributed by atoms with van der Waals surface area (Å²) >= 11 is 11.3. The summed E-state index contributed by atoms with van der Waals surface area (Å²) in [5, 5.41) is 10.6. The molecule has 0 unspecified atom stereocenters. The first kappa shape index (κ1) is 24.5. The van der Waals surface area contributed by atoms with Gasteiger partial charge >= 0.3 is 6.01 Å². The van der Waals surface area contributed by atoms with Gasteiger partial charge in [0.15, 0.2) is 5.78 Å². The summed E-state index contributed by atoms with van der Waals surface area (Å²) in [7, 11) is 0. The highest BCUT2D eigenvalue weighted by Gasteiger charge is 2.11. The van der Waals surface area contributed by atoms with Crippen LogP contribution in [0.5, 0.6) is 6.01 Å². The van der Waals surface area contributed by atoms with Gasteiger partial charge in [-0.15, -0.1) is 0 Å². The highest BCUT2D eigenvalue weighted by molar-refractivity contribution is 6.31. The van der Waals surface area contributed by atoms with Crippen LogP contribution in [0, 0.1) is 10.1 Å². The third-order valence-electron chi connectivity index (χ3n) is 4.22. The fourth-order valence-electron chi connectivity index (χ4n) is 2.63. The number of nitro benzene ring substituents is 1. The van der Waals surface area contributed by atoms with Crippen molar-refractivity contribution >= 4 is 34.7 Å². The molecule has 33 heavy (non-hydrogen) atoms. The van der Waals surface area contributed by atoms with Crippen LogP contribution in [0.15, 0.2) is 48.5 Å². The Kier molecular flexibility index (Phi) is 9.02. The molecule has 0 aliphatic heterocycles. The number of halogens is 2. The van der Waals surface area contributed by atoms with Crippen LogP contribution in [0.2, 0.25) is 10.6 Å². The standard InChI is InChI=1S/C21H18Cl2N4O6/c22-19-24-20(23)26-21(25-19)33-12-11-31-9-10-32-13-14-1-3-15(4-2-14)18(28)16-5-7-17(8-6-16)27(29)30/h1-8H,9-13H2. The first-order chi connectivity index (χ1) is 15.9. The molecule has 172 valence electrons. The van der Waals surface area contributed by atoms with Crippen molar-refractivity contribution in [1.82, 2.24) is 15.0 Å². The van der Waals surface area contributed by atoms with Crippen LogP contribution >= 0.6 is 23.2 Å².